The summed E-state index contributed by atoms with van der Waals surface area (Å²) in [5, 5.41) is 0. The fourth-order valence-electron chi connectivity index (χ4n) is 2.85. The van der Waals surface area contributed by atoms with E-state index < -0.39 is 0 Å². The van der Waals surface area contributed by atoms with Crippen molar-refractivity contribution < 1.29 is 0 Å². The van der Waals surface area contributed by atoms with E-state index in [1.54, 1.807) is 0 Å². The van der Waals surface area contributed by atoms with Crippen LogP contribution in [0.4, 0.5) is 0 Å². The van der Waals surface area contributed by atoms with E-state index in [9.17, 15) is 0 Å². The second-order valence-corrected chi connectivity index (χ2v) is 7.24. The SMILES string of the molecule is Cc1ccc(-c2ccc(C(C)(C)C)cc2-c2ccccc2)cc1. The van der Waals surface area contributed by atoms with Crippen LogP contribution in [0.5, 0.6) is 0 Å². The van der Waals surface area contributed by atoms with Gasteiger partial charge in [-0.2, -0.15) is 0 Å². The minimum Gasteiger partial charge on any atom is -0.0622 e. The van der Waals surface area contributed by atoms with E-state index in [2.05, 4.69) is 100 Å². The molecule has 0 nitrogen and oxygen atoms in total. The van der Waals surface area contributed by atoms with Gasteiger partial charge in [0, 0.05) is 0 Å². The van der Waals surface area contributed by atoms with Gasteiger partial charge in [-0.1, -0.05) is 99.1 Å². The Labute approximate surface area is 139 Å². The lowest BCUT2D eigenvalue weighted by atomic mass is 9.83. The van der Waals surface area contributed by atoms with Crippen LogP contribution < -0.4 is 0 Å². The third-order valence-corrected chi connectivity index (χ3v) is 4.33. The van der Waals surface area contributed by atoms with Crippen molar-refractivity contribution in [1.82, 2.24) is 0 Å². The summed E-state index contributed by atoms with van der Waals surface area (Å²) in [7, 11) is 0. The van der Waals surface area contributed by atoms with Crippen LogP contribution in [0.2, 0.25) is 0 Å². The first kappa shape index (κ1) is 15.6. The lowest BCUT2D eigenvalue weighted by Crippen LogP contribution is -2.11. The number of benzene rings is 3. The first-order valence-electron chi connectivity index (χ1n) is 8.22. The van der Waals surface area contributed by atoms with Gasteiger partial charge >= 0.3 is 0 Å². The molecule has 116 valence electrons. The molecule has 0 aliphatic rings. The maximum Gasteiger partial charge on any atom is -0.0102 e. The molecule has 0 atom stereocenters. The molecular formula is C23H24. The quantitative estimate of drug-likeness (QED) is 0.498. The standard InChI is InChI=1S/C23H24/c1-17-10-12-19(13-11-17)21-15-14-20(23(2,3)4)16-22(21)18-8-6-5-7-9-18/h5-16H,1-4H3. The first-order chi connectivity index (χ1) is 10.9. The molecule has 0 heteroatoms. The highest BCUT2D eigenvalue weighted by atomic mass is 14.2. The van der Waals surface area contributed by atoms with E-state index in [0.29, 0.717) is 0 Å². The summed E-state index contributed by atoms with van der Waals surface area (Å²) < 4.78 is 0. The Morgan fingerprint density at radius 3 is 1.83 bits per heavy atom. The Morgan fingerprint density at radius 2 is 1.22 bits per heavy atom. The van der Waals surface area contributed by atoms with Gasteiger partial charge in [-0.25, -0.2) is 0 Å². The van der Waals surface area contributed by atoms with E-state index in [-0.39, 0.29) is 5.41 Å². The van der Waals surface area contributed by atoms with Crippen LogP contribution >= 0.6 is 0 Å². The van der Waals surface area contributed by atoms with Gasteiger partial charge in [0.2, 0.25) is 0 Å². The molecule has 3 aromatic rings. The van der Waals surface area contributed by atoms with Crippen LogP contribution in [0, 0.1) is 6.92 Å². The van der Waals surface area contributed by atoms with Crippen molar-refractivity contribution in [1.29, 1.82) is 0 Å². The Balaban J connectivity index is 2.21. The smallest absolute Gasteiger partial charge is 0.0102 e. The predicted molar refractivity (Wildman–Crippen MR) is 101 cm³/mol. The Morgan fingerprint density at radius 1 is 0.609 bits per heavy atom. The summed E-state index contributed by atoms with van der Waals surface area (Å²) >= 11 is 0. The van der Waals surface area contributed by atoms with E-state index in [0.717, 1.165) is 0 Å². The van der Waals surface area contributed by atoms with Crippen molar-refractivity contribution in [3.8, 4) is 22.3 Å². The summed E-state index contributed by atoms with van der Waals surface area (Å²) in [5.74, 6) is 0. The molecule has 0 saturated heterocycles. The van der Waals surface area contributed by atoms with Crippen LogP contribution in [0.1, 0.15) is 31.9 Å². The molecule has 0 fully saturated rings. The molecule has 23 heavy (non-hydrogen) atoms. The number of hydrogen-bond acceptors (Lipinski definition) is 0. The minimum absolute atomic E-state index is 0.148. The van der Waals surface area contributed by atoms with Crippen molar-refractivity contribution in [2.75, 3.05) is 0 Å². The average molecular weight is 300 g/mol. The molecule has 3 aromatic carbocycles. The number of hydrogen-bond donors (Lipinski definition) is 0. The van der Waals surface area contributed by atoms with E-state index in [1.807, 2.05) is 0 Å². The highest BCUT2D eigenvalue weighted by molar-refractivity contribution is 5.84. The van der Waals surface area contributed by atoms with Crippen LogP contribution in [0.15, 0.2) is 72.8 Å². The highest BCUT2D eigenvalue weighted by Crippen LogP contribution is 2.36. The van der Waals surface area contributed by atoms with Crippen LogP contribution in [0.3, 0.4) is 0 Å². The molecule has 0 heterocycles. The summed E-state index contributed by atoms with van der Waals surface area (Å²) in [6.45, 7) is 8.93. The molecular weight excluding hydrogens is 276 g/mol. The normalized spacial score (nSPS) is 11.5. The molecule has 0 N–H and O–H groups in total. The van der Waals surface area contributed by atoms with Crippen LogP contribution in [-0.4, -0.2) is 0 Å². The molecule has 0 radical (unpaired) electrons. The van der Waals surface area contributed by atoms with Gasteiger partial charge in [-0.3, -0.25) is 0 Å². The van der Waals surface area contributed by atoms with Crippen molar-refractivity contribution in [3.63, 3.8) is 0 Å². The van der Waals surface area contributed by atoms with Crippen LogP contribution in [0.25, 0.3) is 22.3 Å². The van der Waals surface area contributed by atoms with Crippen molar-refractivity contribution >= 4 is 0 Å². The summed E-state index contributed by atoms with van der Waals surface area (Å²) in [6, 6.07) is 26.4. The molecule has 0 bridgehead atoms. The Kier molecular flexibility index (Phi) is 4.09. The topological polar surface area (TPSA) is 0 Å². The molecule has 0 saturated carbocycles. The fourth-order valence-corrected chi connectivity index (χ4v) is 2.85. The molecule has 0 spiro atoms. The van der Waals surface area contributed by atoms with Crippen molar-refractivity contribution in [2.45, 2.75) is 33.1 Å². The van der Waals surface area contributed by atoms with E-state index in [4.69, 9.17) is 0 Å². The van der Waals surface area contributed by atoms with Gasteiger partial charge in [0.25, 0.3) is 0 Å². The van der Waals surface area contributed by atoms with E-state index >= 15 is 0 Å². The molecule has 0 amide bonds. The summed E-state index contributed by atoms with van der Waals surface area (Å²) in [5.41, 5.74) is 7.96. The van der Waals surface area contributed by atoms with E-state index in [1.165, 1.54) is 33.4 Å². The molecule has 3 rings (SSSR count). The summed E-state index contributed by atoms with van der Waals surface area (Å²) in [4.78, 5) is 0. The fraction of sp³-hybridized carbons (Fsp3) is 0.217. The molecule has 0 unspecified atom stereocenters. The maximum atomic E-state index is 2.35. The van der Waals surface area contributed by atoms with Gasteiger partial charge in [-0.05, 0) is 40.2 Å². The van der Waals surface area contributed by atoms with Crippen LogP contribution in [-0.2, 0) is 5.41 Å². The van der Waals surface area contributed by atoms with Gasteiger partial charge in [0.05, 0.1) is 0 Å². The third-order valence-electron chi connectivity index (χ3n) is 4.33. The van der Waals surface area contributed by atoms with Gasteiger partial charge < -0.3 is 0 Å². The number of aryl methyl sites for hydroxylation is 1. The predicted octanol–water partition coefficient (Wildman–Crippen LogP) is 6.63. The van der Waals surface area contributed by atoms with Crippen molar-refractivity contribution in [3.05, 3.63) is 83.9 Å². The summed E-state index contributed by atoms with van der Waals surface area (Å²) in [6.07, 6.45) is 0. The maximum absolute atomic E-state index is 2.35. The molecule has 0 aliphatic carbocycles. The zero-order valence-corrected chi connectivity index (χ0v) is 14.4. The third kappa shape index (κ3) is 3.37. The number of rotatable bonds is 2. The lowest BCUT2D eigenvalue weighted by Gasteiger charge is -2.22. The monoisotopic (exact) mass is 300 g/mol. The van der Waals surface area contributed by atoms with Gasteiger partial charge in [-0.15, -0.1) is 0 Å². The second-order valence-electron chi connectivity index (χ2n) is 7.24. The Bertz CT molecular complexity index is 788. The van der Waals surface area contributed by atoms with Crippen molar-refractivity contribution in [2.24, 2.45) is 0 Å². The molecule has 0 aromatic heterocycles. The lowest BCUT2D eigenvalue weighted by molar-refractivity contribution is 0.590. The molecule has 0 aliphatic heterocycles. The highest BCUT2D eigenvalue weighted by Gasteiger charge is 2.16. The van der Waals surface area contributed by atoms with Gasteiger partial charge in [0.15, 0.2) is 0 Å². The average Bonchev–Trinajstić information content (AvgIpc) is 2.55. The Hall–Kier alpha value is -2.34. The van der Waals surface area contributed by atoms with Gasteiger partial charge in [0.1, 0.15) is 0 Å². The second kappa shape index (κ2) is 6.04. The first-order valence-corrected chi connectivity index (χ1v) is 8.22. The zero-order valence-electron chi connectivity index (χ0n) is 14.4. The largest absolute Gasteiger partial charge is 0.0622 e. The minimum atomic E-state index is 0.148. The zero-order chi connectivity index (χ0) is 16.4.